The largest absolute Gasteiger partial charge is 0.266 e. The molecular formula is C12H8Cl3FN2O2S. The second-order valence-corrected chi connectivity index (χ2v) is 8.00. The third kappa shape index (κ3) is 2.77. The number of nitrogens with zero attached hydrogens (tertiary/aromatic N) is 2. The summed E-state index contributed by atoms with van der Waals surface area (Å²) in [5.41, 5.74) is 0.598. The summed E-state index contributed by atoms with van der Waals surface area (Å²) in [6, 6.07) is 3.96. The van der Waals surface area contributed by atoms with E-state index >= 15 is 0 Å². The monoisotopic (exact) mass is 368 g/mol. The van der Waals surface area contributed by atoms with Crippen molar-refractivity contribution in [3.63, 3.8) is 0 Å². The summed E-state index contributed by atoms with van der Waals surface area (Å²) in [5, 5.41) is 3.99. The Morgan fingerprint density at radius 2 is 1.95 bits per heavy atom. The van der Waals surface area contributed by atoms with E-state index < -0.39 is 14.9 Å². The molecule has 0 amide bonds. The lowest BCUT2D eigenvalue weighted by atomic mass is 10.3. The van der Waals surface area contributed by atoms with Gasteiger partial charge in [0.05, 0.1) is 16.4 Å². The van der Waals surface area contributed by atoms with E-state index in [9.17, 15) is 12.8 Å². The van der Waals surface area contributed by atoms with Crippen LogP contribution in [0.15, 0.2) is 23.1 Å². The minimum atomic E-state index is -4.04. The van der Waals surface area contributed by atoms with Crippen molar-refractivity contribution < 1.29 is 12.8 Å². The highest BCUT2D eigenvalue weighted by atomic mass is 35.7. The molecule has 0 saturated heterocycles. The molecule has 1 fully saturated rings. The van der Waals surface area contributed by atoms with Crippen LogP contribution in [0.5, 0.6) is 0 Å². The molecule has 1 saturated carbocycles. The number of rotatable bonds is 3. The van der Waals surface area contributed by atoms with Gasteiger partial charge in [-0.05, 0) is 25.0 Å². The highest BCUT2D eigenvalue weighted by molar-refractivity contribution is 8.13. The van der Waals surface area contributed by atoms with Crippen LogP contribution in [0.2, 0.25) is 10.2 Å². The van der Waals surface area contributed by atoms with Crippen molar-refractivity contribution in [3.8, 4) is 5.69 Å². The quantitative estimate of drug-likeness (QED) is 0.765. The van der Waals surface area contributed by atoms with Gasteiger partial charge in [-0.15, -0.1) is 0 Å². The molecule has 112 valence electrons. The van der Waals surface area contributed by atoms with Crippen LogP contribution in [0.3, 0.4) is 0 Å². The highest BCUT2D eigenvalue weighted by Gasteiger charge is 2.36. The number of halogens is 4. The van der Waals surface area contributed by atoms with Crippen molar-refractivity contribution >= 4 is 42.9 Å². The average Bonchev–Trinajstić information content (AvgIpc) is 3.15. The van der Waals surface area contributed by atoms with Gasteiger partial charge in [0.15, 0.2) is 5.15 Å². The van der Waals surface area contributed by atoms with Crippen LogP contribution in [0.25, 0.3) is 5.69 Å². The summed E-state index contributed by atoms with van der Waals surface area (Å²) in [6.45, 7) is 0. The molecule has 0 radical (unpaired) electrons. The lowest BCUT2D eigenvalue weighted by Crippen LogP contribution is -1.98. The highest BCUT2D eigenvalue weighted by Crippen LogP contribution is 2.45. The summed E-state index contributed by atoms with van der Waals surface area (Å²) < 4.78 is 38.1. The van der Waals surface area contributed by atoms with Gasteiger partial charge in [0.25, 0.3) is 9.05 Å². The van der Waals surface area contributed by atoms with Crippen LogP contribution >= 0.6 is 33.9 Å². The van der Waals surface area contributed by atoms with E-state index in [4.69, 9.17) is 33.9 Å². The van der Waals surface area contributed by atoms with E-state index in [1.54, 1.807) is 0 Å². The van der Waals surface area contributed by atoms with Crippen LogP contribution < -0.4 is 0 Å². The van der Waals surface area contributed by atoms with Gasteiger partial charge >= 0.3 is 0 Å². The number of aromatic nitrogens is 2. The van der Waals surface area contributed by atoms with Gasteiger partial charge in [0, 0.05) is 22.7 Å². The van der Waals surface area contributed by atoms with E-state index in [0.29, 0.717) is 5.69 Å². The average molecular weight is 370 g/mol. The lowest BCUT2D eigenvalue weighted by molar-refractivity contribution is 0.608. The van der Waals surface area contributed by atoms with Gasteiger partial charge in [0.1, 0.15) is 10.7 Å². The zero-order valence-corrected chi connectivity index (χ0v) is 13.4. The van der Waals surface area contributed by atoms with Gasteiger partial charge in [-0.1, -0.05) is 23.2 Å². The van der Waals surface area contributed by atoms with Gasteiger partial charge < -0.3 is 0 Å². The summed E-state index contributed by atoms with van der Waals surface area (Å²) >= 11 is 11.7. The number of benzene rings is 1. The molecule has 1 aromatic carbocycles. The van der Waals surface area contributed by atoms with Crippen molar-refractivity contribution in [3.05, 3.63) is 39.9 Å². The standard InChI is InChI=1S/C12H8Cl3FN2O2S/c13-8-4-3-7(5-9(8)16)18-12(14)11(21(15,19)20)10(17-18)6-1-2-6/h3-6H,1-2H2. The van der Waals surface area contributed by atoms with Crippen LogP contribution in [-0.2, 0) is 9.05 Å². The molecule has 2 aromatic rings. The zero-order valence-electron chi connectivity index (χ0n) is 10.4. The number of hydrogen-bond donors (Lipinski definition) is 0. The van der Waals surface area contributed by atoms with E-state index in [0.717, 1.165) is 23.6 Å². The molecule has 3 rings (SSSR count). The first-order valence-corrected chi connectivity index (χ1v) is 9.04. The van der Waals surface area contributed by atoms with Gasteiger partial charge in [0.2, 0.25) is 0 Å². The third-order valence-electron chi connectivity index (χ3n) is 3.17. The van der Waals surface area contributed by atoms with Crippen molar-refractivity contribution in [2.45, 2.75) is 23.7 Å². The van der Waals surface area contributed by atoms with E-state index in [1.165, 1.54) is 12.1 Å². The van der Waals surface area contributed by atoms with E-state index in [-0.39, 0.29) is 26.7 Å². The van der Waals surface area contributed by atoms with Gasteiger partial charge in [-0.2, -0.15) is 5.10 Å². The Hall–Kier alpha value is -0.820. The molecule has 0 aliphatic heterocycles. The maximum absolute atomic E-state index is 13.5. The predicted molar refractivity (Wildman–Crippen MR) is 78.6 cm³/mol. The Labute approximate surface area is 134 Å². The first-order chi connectivity index (χ1) is 9.79. The molecular weight excluding hydrogens is 362 g/mol. The molecule has 1 aliphatic carbocycles. The zero-order chi connectivity index (χ0) is 15.4. The fraction of sp³-hybridized carbons (Fsp3) is 0.250. The van der Waals surface area contributed by atoms with Crippen LogP contribution in [-0.4, -0.2) is 18.2 Å². The molecule has 0 bridgehead atoms. The topological polar surface area (TPSA) is 52.0 Å². The SMILES string of the molecule is O=S(=O)(Cl)c1c(C2CC2)nn(-c2ccc(Cl)c(F)c2)c1Cl. The molecule has 21 heavy (non-hydrogen) atoms. The van der Waals surface area contributed by atoms with Crippen molar-refractivity contribution in [1.29, 1.82) is 0 Å². The molecule has 0 spiro atoms. The van der Waals surface area contributed by atoms with Crippen LogP contribution in [0.1, 0.15) is 24.5 Å². The second-order valence-electron chi connectivity index (χ2n) is 4.73. The number of hydrogen-bond acceptors (Lipinski definition) is 3. The second kappa shape index (κ2) is 5.12. The van der Waals surface area contributed by atoms with Gasteiger partial charge in [-0.3, -0.25) is 0 Å². The molecule has 0 unspecified atom stereocenters. The van der Waals surface area contributed by atoms with Gasteiger partial charge in [-0.25, -0.2) is 17.5 Å². The minimum absolute atomic E-state index is 0.0180. The molecule has 4 nitrogen and oxygen atoms in total. The summed E-state index contributed by atoms with van der Waals surface area (Å²) in [5.74, 6) is -0.631. The predicted octanol–water partition coefficient (Wildman–Crippen LogP) is 4.12. The maximum atomic E-state index is 13.5. The van der Waals surface area contributed by atoms with E-state index in [2.05, 4.69) is 5.10 Å². The Kier molecular flexibility index (Phi) is 3.68. The first-order valence-electron chi connectivity index (χ1n) is 5.97. The summed E-state index contributed by atoms with van der Waals surface area (Å²) in [4.78, 5) is -0.205. The summed E-state index contributed by atoms with van der Waals surface area (Å²) in [6.07, 6.45) is 1.64. The molecule has 9 heteroatoms. The Bertz CT molecular complexity index is 831. The smallest absolute Gasteiger partial charge is 0.220 e. The molecule has 1 aliphatic rings. The van der Waals surface area contributed by atoms with Crippen molar-refractivity contribution in [2.75, 3.05) is 0 Å². The Morgan fingerprint density at radius 1 is 1.29 bits per heavy atom. The van der Waals surface area contributed by atoms with Crippen molar-refractivity contribution in [2.24, 2.45) is 0 Å². The molecule has 0 atom stereocenters. The minimum Gasteiger partial charge on any atom is -0.220 e. The normalized spacial score (nSPS) is 15.4. The van der Waals surface area contributed by atoms with Crippen LogP contribution in [0.4, 0.5) is 4.39 Å². The maximum Gasteiger partial charge on any atom is 0.266 e. The first kappa shape index (κ1) is 15.1. The van der Waals surface area contributed by atoms with Crippen molar-refractivity contribution in [1.82, 2.24) is 9.78 Å². The molecule has 0 N–H and O–H groups in total. The van der Waals surface area contributed by atoms with Crippen LogP contribution in [0, 0.1) is 5.82 Å². The molecule has 1 aromatic heterocycles. The Morgan fingerprint density at radius 3 is 2.48 bits per heavy atom. The Balaban J connectivity index is 2.22. The molecule has 1 heterocycles. The summed E-state index contributed by atoms with van der Waals surface area (Å²) in [7, 11) is 1.40. The third-order valence-corrected chi connectivity index (χ3v) is 5.29. The lowest BCUT2D eigenvalue weighted by Gasteiger charge is -2.04. The fourth-order valence-electron chi connectivity index (χ4n) is 2.04. The fourth-order valence-corrected chi connectivity index (χ4v) is 4.01. The van der Waals surface area contributed by atoms with E-state index in [1.807, 2.05) is 0 Å².